The molecular formula is C19H21F4NO5S. The molecule has 0 aromatic heterocycles. The Morgan fingerprint density at radius 2 is 1.77 bits per heavy atom. The number of alkyl halides is 3. The molecular weight excluding hydrogens is 430 g/mol. The molecule has 166 valence electrons. The molecule has 0 aliphatic rings. The molecule has 0 aliphatic carbocycles. The number of rotatable bonds is 6. The van der Waals surface area contributed by atoms with Crippen LogP contribution < -0.4 is 9.50 Å². The first kappa shape index (κ1) is 23.7. The Morgan fingerprint density at radius 3 is 2.37 bits per heavy atom. The van der Waals surface area contributed by atoms with Crippen molar-refractivity contribution in [2.75, 3.05) is 6.54 Å². The predicted octanol–water partition coefficient (Wildman–Crippen LogP) is 4.66. The van der Waals surface area contributed by atoms with E-state index in [-0.39, 0.29) is 30.3 Å². The number of alkyl carbamates (subject to hydrolysis) is 1. The lowest BCUT2D eigenvalue weighted by Crippen LogP contribution is -2.33. The minimum absolute atomic E-state index is 0.00537. The third-order valence-electron chi connectivity index (χ3n) is 3.81. The van der Waals surface area contributed by atoms with Crippen LogP contribution in [0.3, 0.4) is 0 Å². The standard InChI is InChI=1S/C19H21F4NO5S/c1-18(2,3)28-17(25)24-11-5-7-13-14(20)10-9-12-6-4-8-15(16(12)13)29-30(26,27)19(21,22)23/h4,6,8-10H,5,7,11H2,1-3H3,(H,24,25). The fraction of sp³-hybridized carbons (Fsp3) is 0.421. The molecule has 0 spiro atoms. The van der Waals surface area contributed by atoms with Gasteiger partial charge in [-0.05, 0) is 56.7 Å². The number of nitrogens with one attached hydrogen (secondary N) is 1. The van der Waals surface area contributed by atoms with Crippen LogP contribution >= 0.6 is 0 Å². The van der Waals surface area contributed by atoms with Crippen LogP contribution in [0.15, 0.2) is 30.3 Å². The number of amides is 1. The molecule has 2 aromatic carbocycles. The van der Waals surface area contributed by atoms with E-state index in [0.29, 0.717) is 5.39 Å². The summed E-state index contributed by atoms with van der Waals surface area (Å²) in [6.07, 6.45) is -0.442. The van der Waals surface area contributed by atoms with Crippen LogP contribution in [0.2, 0.25) is 0 Å². The summed E-state index contributed by atoms with van der Waals surface area (Å²) in [5.74, 6) is -1.36. The first-order valence-corrected chi connectivity index (χ1v) is 10.3. The molecule has 0 fully saturated rings. The van der Waals surface area contributed by atoms with Crippen LogP contribution in [0.25, 0.3) is 10.8 Å². The van der Waals surface area contributed by atoms with Gasteiger partial charge in [-0.15, -0.1) is 0 Å². The molecule has 2 aromatic rings. The number of hydrogen-bond donors (Lipinski definition) is 1. The predicted molar refractivity (Wildman–Crippen MR) is 102 cm³/mol. The molecule has 0 saturated heterocycles. The maximum atomic E-state index is 14.4. The fourth-order valence-electron chi connectivity index (χ4n) is 2.64. The van der Waals surface area contributed by atoms with E-state index in [1.54, 1.807) is 20.8 Å². The van der Waals surface area contributed by atoms with Crippen molar-refractivity contribution in [1.82, 2.24) is 5.32 Å². The third-order valence-corrected chi connectivity index (χ3v) is 4.78. The average Bonchev–Trinajstić information content (AvgIpc) is 2.57. The number of benzene rings is 2. The van der Waals surface area contributed by atoms with Crippen LogP contribution in [0.1, 0.15) is 32.8 Å². The second-order valence-electron chi connectivity index (χ2n) is 7.40. The van der Waals surface area contributed by atoms with Gasteiger partial charge >= 0.3 is 21.7 Å². The van der Waals surface area contributed by atoms with Gasteiger partial charge in [-0.2, -0.15) is 21.6 Å². The van der Waals surface area contributed by atoms with Gasteiger partial charge in [0.2, 0.25) is 0 Å². The topological polar surface area (TPSA) is 81.7 Å². The molecule has 0 unspecified atom stereocenters. The quantitative estimate of drug-likeness (QED) is 0.299. The Labute approximate surface area is 171 Å². The monoisotopic (exact) mass is 451 g/mol. The van der Waals surface area contributed by atoms with Gasteiger partial charge in [-0.1, -0.05) is 18.2 Å². The van der Waals surface area contributed by atoms with Gasteiger partial charge in [-0.3, -0.25) is 0 Å². The summed E-state index contributed by atoms with van der Waals surface area (Å²) in [6.45, 7) is 5.17. The summed E-state index contributed by atoms with van der Waals surface area (Å²) in [7, 11) is -5.92. The van der Waals surface area contributed by atoms with Crippen molar-refractivity contribution < 1.29 is 39.7 Å². The lowest BCUT2D eigenvalue weighted by molar-refractivity contribution is -0.0499. The normalized spacial score (nSPS) is 12.6. The SMILES string of the molecule is CC(C)(C)OC(=O)NCCCc1c(F)ccc2cccc(OS(=O)(=O)C(F)(F)F)c12. The zero-order valence-corrected chi connectivity index (χ0v) is 17.3. The molecule has 1 N–H and O–H groups in total. The molecule has 0 saturated carbocycles. The van der Waals surface area contributed by atoms with Crippen LogP contribution in [0, 0.1) is 5.82 Å². The van der Waals surface area contributed by atoms with Gasteiger partial charge < -0.3 is 14.2 Å². The maximum Gasteiger partial charge on any atom is 0.534 e. The summed E-state index contributed by atoms with van der Waals surface area (Å²) in [6, 6.07) is 6.24. The largest absolute Gasteiger partial charge is 0.534 e. The van der Waals surface area contributed by atoms with Crippen LogP contribution in [-0.4, -0.2) is 32.2 Å². The molecule has 0 heterocycles. The second-order valence-corrected chi connectivity index (χ2v) is 8.93. The van der Waals surface area contributed by atoms with Gasteiger partial charge in [0.1, 0.15) is 11.4 Å². The van der Waals surface area contributed by atoms with Crippen molar-refractivity contribution in [3.05, 3.63) is 41.7 Å². The molecule has 2 rings (SSSR count). The minimum Gasteiger partial charge on any atom is -0.444 e. The number of fused-ring (bicyclic) bond motifs is 1. The molecule has 6 nitrogen and oxygen atoms in total. The van der Waals surface area contributed by atoms with Crippen molar-refractivity contribution in [2.24, 2.45) is 0 Å². The number of carbonyl (C=O) groups is 1. The first-order valence-electron chi connectivity index (χ1n) is 8.89. The zero-order chi connectivity index (χ0) is 22.7. The van der Waals surface area contributed by atoms with E-state index in [1.165, 1.54) is 18.2 Å². The minimum atomic E-state index is -5.92. The van der Waals surface area contributed by atoms with Gasteiger partial charge in [0, 0.05) is 11.9 Å². The van der Waals surface area contributed by atoms with Crippen molar-refractivity contribution in [3.8, 4) is 5.75 Å². The highest BCUT2D eigenvalue weighted by Gasteiger charge is 2.48. The average molecular weight is 451 g/mol. The van der Waals surface area contributed by atoms with Gasteiger partial charge in [-0.25, -0.2) is 9.18 Å². The van der Waals surface area contributed by atoms with E-state index in [1.807, 2.05) is 0 Å². The van der Waals surface area contributed by atoms with Gasteiger partial charge in [0.15, 0.2) is 5.75 Å². The highest BCUT2D eigenvalue weighted by atomic mass is 32.2. The summed E-state index contributed by atoms with van der Waals surface area (Å²) < 4.78 is 84.7. The summed E-state index contributed by atoms with van der Waals surface area (Å²) in [5.41, 5.74) is -6.34. The molecule has 0 bridgehead atoms. The van der Waals surface area contributed by atoms with E-state index in [4.69, 9.17) is 4.74 Å². The summed E-state index contributed by atoms with van der Waals surface area (Å²) >= 11 is 0. The number of hydrogen-bond acceptors (Lipinski definition) is 5. The molecule has 0 radical (unpaired) electrons. The Kier molecular flexibility index (Phi) is 6.85. The lowest BCUT2D eigenvalue weighted by Gasteiger charge is -2.19. The molecule has 0 atom stereocenters. The Bertz CT molecular complexity index is 1030. The number of halogens is 4. The number of ether oxygens (including phenoxy) is 1. The van der Waals surface area contributed by atoms with Crippen LogP contribution in [0.5, 0.6) is 5.75 Å². The maximum absolute atomic E-state index is 14.4. The summed E-state index contributed by atoms with van der Waals surface area (Å²) in [4.78, 5) is 11.7. The Balaban J connectivity index is 2.26. The Hall–Kier alpha value is -2.56. The van der Waals surface area contributed by atoms with E-state index in [2.05, 4.69) is 9.50 Å². The van der Waals surface area contributed by atoms with E-state index >= 15 is 0 Å². The summed E-state index contributed by atoms with van der Waals surface area (Å²) in [5, 5.41) is 2.72. The fourth-order valence-corrected chi connectivity index (χ4v) is 3.11. The smallest absolute Gasteiger partial charge is 0.444 e. The molecule has 11 heteroatoms. The van der Waals surface area contributed by atoms with E-state index < -0.39 is 38.9 Å². The van der Waals surface area contributed by atoms with E-state index in [0.717, 1.165) is 12.1 Å². The first-order chi connectivity index (χ1) is 13.7. The molecule has 1 amide bonds. The zero-order valence-electron chi connectivity index (χ0n) is 16.5. The second kappa shape index (κ2) is 8.66. The van der Waals surface area contributed by atoms with Crippen molar-refractivity contribution in [2.45, 2.75) is 44.7 Å². The third kappa shape index (κ3) is 5.97. The van der Waals surface area contributed by atoms with Crippen molar-refractivity contribution in [1.29, 1.82) is 0 Å². The molecule has 0 aliphatic heterocycles. The van der Waals surface area contributed by atoms with E-state index in [9.17, 15) is 30.8 Å². The number of carbonyl (C=O) groups excluding carboxylic acids is 1. The number of aryl methyl sites for hydroxylation is 1. The van der Waals surface area contributed by atoms with Gasteiger partial charge in [0.05, 0.1) is 0 Å². The van der Waals surface area contributed by atoms with Crippen molar-refractivity contribution >= 4 is 27.0 Å². The lowest BCUT2D eigenvalue weighted by atomic mass is 9.99. The van der Waals surface area contributed by atoms with Crippen molar-refractivity contribution in [3.63, 3.8) is 0 Å². The highest BCUT2D eigenvalue weighted by molar-refractivity contribution is 7.88. The van der Waals surface area contributed by atoms with Crippen LogP contribution in [0.4, 0.5) is 22.4 Å². The van der Waals surface area contributed by atoms with Gasteiger partial charge in [0.25, 0.3) is 0 Å². The van der Waals surface area contributed by atoms with Crippen LogP contribution in [-0.2, 0) is 21.3 Å². The molecule has 30 heavy (non-hydrogen) atoms. The Morgan fingerprint density at radius 1 is 1.10 bits per heavy atom. The highest BCUT2D eigenvalue weighted by Crippen LogP contribution is 2.35.